The van der Waals surface area contributed by atoms with Gasteiger partial charge in [0.05, 0.1) is 13.2 Å². The van der Waals surface area contributed by atoms with Crippen LogP contribution in [0.5, 0.6) is 0 Å². The summed E-state index contributed by atoms with van der Waals surface area (Å²) in [5.41, 5.74) is 5.32. The predicted octanol–water partition coefficient (Wildman–Crippen LogP) is 10.00. The number of carboxylic acid groups (broad SMARTS) is 1. The number of aliphatic carboxylic acids is 1. The lowest BCUT2D eigenvalue weighted by Gasteiger charge is -2.20. The third-order valence-corrected chi connectivity index (χ3v) is 8.95. The zero-order valence-corrected chi connectivity index (χ0v) is 33.5. The summed E-state index contributed by atoms with van der Waals surface area (Å²) in [4.78, 5) is 45.8. The molecule has 0 aliphatic heterocycles. The van der Waals surface area contributed by atoms with Crippen molar-refractivity contribution in [1.29, 1.82) is 0 Å². The van der Waals surface area contributed by atoms with E-state index in [1.165, 1.54) is 25.7 Å². The first-order valence-corrected chi connectivity index (χ1v) is 21.3. The standard InChI is InChI=1S/C41H70NO10P/c1-3-5-7-9-11-13-15-17-18-19-21-22-24-26-28-30-32-39(43)49-34-37(35-50-53(47,48)51-36-38(42)41(45)46)52-40(44)33-31-29-27-25-23-20-16-14-12-10-8-6-4-2/h6,8,12-15,18-20,23,37-38H,3-5,7,9-11,16-17,21-22,24-36,42H2,1-2H3,(H,45,46)(H,47,48)/b8-6-,14-12-,15-13-,19-18-,23-20-. The van der Waals surface area contributed by atoms with Crippen molar-refractivity contribution in [3.8, 4) is 0 Å². The molecule has 0 aliphatic rings. The van der Waals surface area contributed by atoms with Gasteiger partial charge in [-0.3, -0.25) is 23.4 Å². The van der Waals surface area contributed by atoms with Crippen molar-refractivity contribution < 1.29 is 47.5 Å². The minimum Gasteiger partial charge on any atom is -0.480 e. The van der Waals surface area contributed by atoms with E-state index in [0.717, 1.165) is 83.5 Å². The smallest absolute Gasteiger partial charge is 0.472 e. The normalized spacial score (nSPS) is 14.5. The van der Waals surface area contributed by atoms with E-state index in [1.54, 1.807) is 0 Å². The van der Waals surface area contributed by atoms with Gasteiger partial charge in [0, 0.05) is 12.8 Å². The number of unbranched alkanes of at least 4 members (excludes halogenated alkanes) is 12. The Morgan fingerprint density at radius 2 is 1.06 bits per heavy atom. The molecule has 0 fully saturated rings. The lowest BCUT2D eigenvalue weighted by molar-refractivity contribution is -0.161. The average Bonchev–Trinajstić information content (AvgIpc) is 3.13. The summed E-state index contributed by atoms with van der Waals surface area (Å²) in [5.74, 6) is -2.44. The summed E-state index contributed by atoms with van der Waals surface area (Å²) >= 11 is 0. The Balaban J connectivity index is 4.49. The van der Waals surface area contributed by atoms with Crippen LogP contribution in [-0.2, 0) is 37.5 Å². The number of carboxylic acids is 1. The van der Waals surface area contributed by atoms with Crippen molar-refractivity contribution in [2.24, 2.45) is 5.73 Å². The molecule has 0 aromatic rings. The number of carbonyl (C=O) groups is 3. The van der Waals surface area contributed by atoms with E-state index < -0.39 is 51.1 Å². The molecule has 4 N–H and O–H groups in total. The summed E-state index contributed by atoms with van der Waals surface area (Å²) in [6, 6.07) is -1.53. The second-order valence-corrected chi connectivity index (χ2v) is 14.5. The topological polar surface area (TPSA) is 172 Å². The number of rotatable bonds is 36. The zero-order chi connectivity index (χ0) is 39.3. The maximum atomic E-state index is 12.6. The summed E-state index contributed by atoms with van der Waals surface area (Å²) in [5, 5.41) is 8.86. The van der Waals surface area contributed by atoms with Gasteiger partial charge in [-0.25, -0.2) is 4.57 Å². The van der Waals surface area contributed by atoms with Crippen LogP contribution in [0.25, 0.3) is 0 Å². The molecule has 3 unspecified atom stereocenters. The minimum absolute atomic E-state index is 0.120. The molecule has 0 amide bonds. The highest BCUT2D eigenvalue weighted by Gasteiger charge is 2.28. The van der Waals surface area contributed by atoms with Gasteiger partial charge in [-0.05, 0) is 77.0 Å². The minimum atomic E-state index is -4.72. The maximum absolute atomic E-state index is 12.6. The third-order valence-electron chi connectivity index (χ3n) is 8.00. The molecule has 0 aromatic heterocycles. The van der Waals surface area contributed by atoms with Crippen LogP contribution >= 0.6 is 7.82 Å². The molecular formula is C41H70NO10P. The molecule has 11 nitrogen and oxygen atoms in total. The molecule has 3 atom stereocenters. The number of ether oxygens (including phenoxy) is 2. The van der Waals surface area contributed by atoms with Gasteiger partial charge in [0.1, 0.15) is 12.6 Å². The second kappa shape index (κ2) is 36.2. The molecule has 0 saturated carbocycles. The molecule has 0 radical (unpaired) electrons. The van der Waals surface area contributed by atoms with E-state index in [-0.39, 0.29) is 19.4 Å². The Bertz CT molecular complexity index is 1130. The van der Waals surface area contributed by atoms with Crippen molar-refractivity contribution in [2.45, 2.75) is 161 Å². The van der Waals surface area contributed by atoms with Crippen molar-refractivity contribution >= 4 is 25.7 Å². The average molecular weight is 768 g/mol. The van der Waals surface area contributed by atoms with Gasteiger partial charge in [0.15, 0.2) is 6.10 Å². The van der Waals surface area contributed by atoms with Crippen molar-refractivity contribution in [1.82, 2.24) is 0 Å². The molecule has 53 heavy (non-hydrogen) atoms. The third kappa shape index (κ3) is 36.0. The summed E-state index contributed by atoms with van der Waals surface area (Å²) < 4.78 is 32.5. The predicted molar refractivity (Wildman–Crippen MR) is 212 cm³/mol. The van der Waals surface area contributed by atoms with Gasteiger partial charge in [-0.1, -0.05) is 120 Å². The largest absolute Gasteiger partial charge is 0.480 e. The molecule has 0 bridgehead atoms. The highest BCUT2D eigenvalue weighted by Crippen LogP contribution is 2.43. The van der Waals surface area contributed by atoms with Crippen LogP contribution < -0.4 is 5.73 Å². The molecular weight excluding hydrogens is 697 g/mol. The Kier molecular flexibility index (Phi) is 34.2. The molecule has 0 aliphatic carbocycles. The van der Waals surface area contributed by atoms with E-state index in [9.17, 15) is 23.8 Å². The number of hydrogen-bond donors (Lipinski definition) is 3. The first-order chi connectivity index (χ1) is 25.6. The maximum Gasteiger partial charge on any atom is 0.472 e. The van der Waals surface area contributed by atoms with Crippen LogP contribution in [0.15, 0.2) is 60.8 Å². The van der Waals surface area contributed by atoms with Crippen LogP contribution in [-0.4, -0.2) is 59.9 Å². The molecule has 0 heterocycles. The SMILES string of the molecule is CC/C=C\C/C=C\C/C=C\CCCCCC(=O)OC(COC(=O)CCCCCCC/C=C\C/C=C\CCCCCC)COP(=O)(O)OCC(N)C(=O)O. The number of phosphoric ester groups is 1. The molecule has 0 rings (SSSR count). The van der Waals surface area contributed by atoms with E-state index in [0.29, 0.717) is 12.8 Å². The van der Waals surface area contributed by atoms with Crippen LogP contribution in [0.2, 0.25) is 0 Å². The van der Waals surface area contributed by atoms with Crippen molar-refractivity contribution in [3.05, 3.63) is 60.8 Å². The van der Waals surface area contributed by atoms with Gasteiger partial charge in [0.2, 0.25) is 0 Å². The summed E-state index contributed by atoms with van der Waals surface area (Å²) in [6.07, 6.45) is 40.1. The Labute approximate surface area is 319 Å². The fourth-order valence-electron chi connectivity index (χ4n) is 4.87. The Hall–Kier alpha value is -2.82. The number of phosphoric acid groups is 1. The van der Waals surface area contributed by atoms with Crippen LogP contribution in [0, 0.1) is 0 Å². The number of allylic oxidation sites excluding steroid dienone is 10. The molecule has 0 spiro atoms. The first-order valence-electron chi connectivity index (χ1n) is 19.8. The highest BCUT2D eigenvalue weighted by molar-refractivity contribution is 7.47. The van der Waals surface area contributed by atoms with Gasteiger partial charge < -0.3 is 25.2 Å². The van der Waals surface area contributed by atoms with E-state index in [1.807, 2.05) is 0 Å². The van der Waals surface area contributed by atoms with Crippen LogP contribution in [0.1, 0.15) is 149 Å². The van der Waals surface area contributed by atoms with Crippen molar-refractivity contribution in [3.63, 3.8) is 0 Å². The highest BCUT2D eigenvalue weighted by atomic mass is 31.2. The number of esters is 2. The van der Waals surface area contributed by atoms with Gasteiger partial charge in [-0.15, -0.1) is 0 Å². The lowest BCUT2D eigenvalue weighted by Crippen LogP contribution is -2.34. The number of hydrogen-bond acceptors (Lipinski definition) is 9. The quantitative estimate of drug-likeness (QED) is 0.0240. The van der Waals surface area contributed by atoms with Crippen LogP contribution in [0.3, 0.4) is 0 Å². The number of nitrogens with two attached hydrogens (primary N) is 1. The second-order valence-electron chi connectivity index (χ2n) is 13.0. The van der Waals surface area contributed by atoms with Crippen molar-refractivity contribution in [2.75, 3.05) is 19.8 Å². The van der Waals surface area contributed by atoms with E-state index >= 15 is 0 Å². The molecule has 0 aromatic carbocycles. The first kappa shape index (κ1) is 50.2. The number of carbonyl (C=O) groups excluding carboxylic acids is 2. The Morgan fingerprint density at radius 3 is 1.60 bits per heavy atom. The summed E-state index contributed by atoms with van der Waals surface area (Å²) in [7, 11) is -4.72. The van der Waals surface area contributed by atoms with Gasteiger partial charge in [-0.2, -0.15) is 0 Å². The van der Waals surface area contributed by atoms with Crippen LogP contribution in [0.4, 0.5) is 0 Å². The van der Waals surface area contributed by atoms with Gasteiger partial charge >= 0.3 is 25.7 Å². The monoisotopic (exact) mass is 767 g/mol. The molecule has 304 valence electrons. The van der Waals surface area contributed by atoms with E-state index in [2.05, 4.69) is 79.1 Å². The molecule has 0 saturated heterocycles. The fourth-order valence-corrected chi connectivity index (χ4v) is 5.65. The summed E-state index contributed by atoms with van der Waals surface area (Å²) in [6.45, 7) is 2.60. The lowest BCUT2D eigenvalue weighted by atomic mass is 10.1. The zero-order valence-electron chi connectivity index (χ0n) is 32.6. The van der Waals surface area contributed by atoms with Gasteiger partial charge in [0.25, 0.3) is 0 Å². The Morgan fingerprint density at radius 1 is 0.604 bits per heavy atom. The van der Waals surface area contributed by atoms with E-state index in [4.69, 9.17) is 24.8 Å². The fraction of sp³-hybridized carbons (Fsp3) is 0.683. The molecule has 12 heteroatoms.